The smallest absolute Gasteiger partial charge is 0.409 e. The molecule has 1 spiro atoms. The molecule has 0 radical (unpaired) electrons. The largest absolute Gasteiger partial charge is 0.450 e. The average Bonchev–Trinajstić information content (AvgIpc) is 3.47. The fourth-order valence-electron chi connectivity index (χ4n) is 4.71. The number of piperidine rings is 1. The minimum absolute atomic E-state index is 0.0722. The number of nitrogens with zero attached hydrogens (tertiary/aromatic N) is 3. The van der Waals surface area contributed by atoms with Crippen molar-refractivity contribution in [3.8, 4) is 0 Å². The van der Waals surface area contributed by atoms with E-state index in [1.807, 2.05) is 40.1 Å². The number of hydrogen-bond acceptors (Lipinski definition) is 4. The second kappa shape index (κ2) is 8.05. The normalized spacial score (nSPS) is 23.1. The lowest BCUT2D eigenvalue weighted by atomic mass is 9.90. The zero-order chi connectivity index (χ0) is 20.4. The van der Waals surface area contributed by atoms with Gasteiger partial charge in [-0.2, -0.15) is 0 Å². The van der Waals surface area contributed by atoms with Crippen molar-refractivity contribution >= 4 is 17.9 Å². The molecule has 1 aromatic carbocycles. The van der Waals surface area contributed by atoms with E-state index in [-0.39, 0.29) is 29.2 Å². The van der Waals surface area contributed by atoms with Crippen LogP contribution in [0.25, 0.3) is 0 Å². The maximum absolute atomic E-state index is 13.0. The van der Waals surface area contributed by atoms with Gasteiger partial charge in [-0.05, 0) is 43.7 Å². The van der Waals surface area contributed by atoms with Crippen LogP contribution in [0.4, 0.5) is 4.79 Å². The van der Waals surface area contributed by atoms with Gasteiger partial charge in [0, 0.05) is 50.7 Å². The third-order valence-electron chi connectivity index (χ3n) is 6.67. The van der Waals surface area contributed by atoms with Gasteiger partial charge in [0.1, 0.15) is 0 Å². The summed E-state index contributed by atoms with van der Waals surface area (Å²) < 4.78 is 5.04. The van der Waals surface area contributed by atoms with Crippen LogP contribution in [0, 0.1) is 11.3 Å². The number of benzene rings is 1. The van der Waals surface area contributed by atoms with Crippen LogP contribution in [0.5, 0.6) is 0 Å². The molecule has 156 valence electrons. The summed E-state index contributed by atoms with van der Waals surface area (Å²) in [5.74, 6) is 0.376. The number of carbonyl (C=O) groups excluding carboxylic acids is 3. The van der Waals surface area contributed by atoms with E-state index in [2.05, 4.69) is 0 Å². The van der Waals surface area contributed by atoms with Crippen LogP contribution in [-0.2, 0) is 9.53 Å². The van der Waals surface area contributed by atoms with Gasteiger partial charge in [0.15, 0.2) is 0 Å². The summed E-state index contributed by atoms with van der Waals surface area (Å²) in [6.45, 7) is 5.80. The first kappa shape index (κ1) is 19.7. The molecule has 3 aliphatic rings. The van der Waals surface area contributed by atoms with E-state index < -0.39 is 0 Å². The first-order valence-corrected chi connectivity index (χ1v) is 10.6. The van der Waals surface area contributed by atoms with Gasteiger partial charge < -0.3 is 19.4 Å². The van der Waals surface area contributed by atoms with Gasteiger partial charge in [-0.15, -0.1) is 0 Å². The molecule has 3 amide bonds. The third-order valence-corrected chi connectivity index (χ3v) is 6.67. The van der Waals surface area contributed by atoms with Crippen LogP contribution in [0.3, 0.4) is 0 Å². The van der Waals surface area contributed by atoms with Gasteiger partial charge in [0.2, 0.25) is 5.91 Å². The van der Waals surface area contributed by atoms with Crippen LogP contribution in [0.1, 0.15) is 36.5 Å². The van der Waals surface area contributed by atoms with E-state index in [1.165, 1.54) is 0 Å². The number of amides is 3. The molecule has 1 saturated carbocycles. The highest BCUT2D eigenvalue weighted by Crippen LogP contribution is 2.60. The van der Waals surface area contributed by atoms with Crippen molar-refractivity contribution < 1.29 is 19.1 Å². The Morgan fingerprint density at radius 2 is 1.55 bits per heavy atom. The Morgan fingerprint density at radius 1 is 0.931 bits per heavy atom. The van der Waals surface area contributed by atoms with Crippen molar-refractivity contribution in [1.82, 2.24) is 14.7 Å². The molecule has 1 aromatic rings. The topological polar surface area (TPSA) is 70.2 Å². The number of likely N-dealkylation sites (tertiary alicyclic amines) is 1. The number of ether oxygens (including phenoxy) is 1. The van der Waals surface area contributed by atoms with Crippen LogP contribution in [0.15, 0.2) is 30.3 Å². The Labute approximate surface area is 171 Å². The molecule has 1 atom stereocenters. The Kier molecular flexibility index (Phi) is 5.48. The molecular weight excluding hydrogens is 370 g/mol. The van der Waals surface area contributed by atoms with Gasteiger partial charge in [0.25, 0.3) is 5.91 Å². The third kappa shape index (κ3) is 3.95. The Bertz CT molecular complexity index is 766. The molecule has 1 aliphatic carbocycles. The summed E-state index contributed by atoms with van der Waals surface area (Å²) in [5.41, 5.74) is 0.800. The Hall–Kier alpha value is -2.57. The maximum Gasteiger partial charge on any atom is 0.409 e. The van der Waals surface area contributed by atoms with E-state index in [1.54, 1.807) is 11.8 Å². The van der Waals surface area contributed by atoms with Crippen LogP contribution in [0.2, 0.25) is 0 Å². The minimum atomic E-state index is -0.294. The molecule has 4 rings (SSSR count). The highest BCUT2D eigenvalue weighted by Gasteiger charge is 2.59. The summed E-state index contributed by atoms with van der Waals surface area (Å²) in [6.07, 6.45) is 2.42. The summed E-state index contributed by atoms with van der Waals surface area (Å²) in [6, 6.07) is 9.39. The zero-order valence-electron chi connectivity index (χ0n) is 17.0. The van der Waals surface area contributed by atoms with E-state index in [9.17, 15) is 14.4 Å². The van der Waals surface area contributed by atoms with Crippen molar-refractivity contribution in [3.05, 3.63) is 35.9 Å². The van der Waals surface area contributed by atoms with Crippen molar-refractivity contribution in [3.63, 3.8) is 0 Å². The van der Waals surface area contributed by atoms with Gasteiger partial charge in [0.05, 0.1) is 6.61 Å². The van der Waals surface area contributed by atoms with E-state index in [0.717, 1.165) is 24.8 Å². The molecule has 0 bridgehead atoms. The van der Waals surface area contributed by atoms with E-state index in [0.29, 0.717) is 45.9 Å². The molecule has 0 unspecified atom stereocenters. The van der Waals surface area contributed by atoms with Gasteiger partial charge in [-0.3, -0.25) is 9.59 Å². The number of hydrogen-bond donors (Lipinski definition) is 0. The lowest BCUT2D eigenvalue weighted by Crippen LogP contribution is -2.51. The molecule has 0 aromatic heterocycles. The summed E-state index contributed by atoms with van der Waals surface area (Å²) in [7, 11) is 0. The Morgan fingerprint density at radius 3 is 2.17 bits per heavy atom. The molecule has 7 heteroatoms. The summed E-state index contributed by atoms with van der Waals surface area (Å²) >= 11 is 0. The number of rotatable bonds is 3. The SMILES string of the molecule is CCOC(=O)N1CCN(C(=O)[C@@H]2CC23CCN(C(=O)c2ccccc2)CC3)CC1. The maximum atomic E-state index is 13.0. The van der Waals surface area contributed by atoms with Gasteiger partial charge in [-0.25, -0.2) is 4.79 Å². The highest BCUT2D eigenvalue weighted by molar-refractivity contribution is 5.94. The predicted molar refractivity (Wildman–Crippen MR) is 107 cm³/mol. The lowest BCUT2D eigenvalue weighted by molar-refractivity contribution is -0.135. The van der Waals surface area contributed by atoms with E-state index >= 15 is 0 Å². The second-order valence-electron chi connectivity index (χ2n) is 8.29. The predicted octanol–water partition coefficient (Wildman–Crippen LogP) is 2.23. The quantitative estimate of drug-likeness (QED) is 0.782. The molecule has 2 heterocycles. The lowest BCUT2D eigenvalue weighted by Gasteiger charge is -2.36. The molecule has 0 N–H and O–H groups in total. The molecule has 3 fully saturated rings. The first-order valence-electron chi connectivity index (χ1n) is 10.6. The van der Waals surface area contributed by atoms with Crippen LogP contribution < -0.4 is 0 Å². The van der Waals surface area contributed by atoms with Crippen molar-refractivity contribution in [2.75, 3.05) is 45.9 Å². The molecule has 2 saturated heterocycles. The van der Waals surface area contributed by atoms with Crippen molar-refractivity contribution in [2.24, 2.45) is 11.3 Å². The molecule has 2 aliphatic heterocycles. The van der Waals surface area contributed by atoms with Gasteiger partial charge >= 0.3 is 6.09 Å². The van der Waals surface area contributed by atoms with Gasteiger partial charge in [-0.1, -0.05) is 18.2 Å². The monoisotopic (exact) mass is 399 g/mol. The van der Waals surface area contributed by atoms with Crippen LogP contribution in [-0.4, -0.2) is 78.5 Å². The van der Waals surface area contributed by atoms with Crippen molar-refractivity contribution in [1.29, 1.82) is 0 Å². The zero-order valence-corrected chi connectivity index (χ0v) is 17.0. The minimum Gasteiger partial charge on any atom is -0.450 e. The standard InChI is InChI=1S/C22H29N3O4/c1-2-29-21(28)25-14-12-24(13-15-25)20(27)18-16-22(18)8-10-23(11-9-22)19(26)17-6-4-3-5-7-17/h3-7,18H,2,8-16H2,1H3/t18-/m0/s1. The first-order chi connectivity index (χ1) is 14.0. The Balaban J connectivity index is 1.26. The van der Waals surface area contributed by atoms with Crippen LogP contribution >= 0.6 is 0 Å². The number of carbonyl (C=O) groups is 3. The van der Waals surface area contributed by atoms with Crippen molar-refractivity contribution in [2.45, 2.75) is 26.2 Å². The fourth-order valence-corrected chi connectivity index (χ4v) is 4.71. The summed E-state index contributed by atoms with van der Waals surface area (Å²) in [4.78, 5) is 42.9. The molecular formula is C22H29N3O4. The number of piperazine rings is 1. The average molecular weight is 399 g/mol. The molecule has 7 nitrogen and oxygen atoms in total. The highest BCUT2D eigenvalue weighted by atomic mass is 16.6. The molecule has 29 heavy (non-hydrogen) atoms. The van der Waals surface area contributed by atoms with E-state index in [4.69, 9.17) is 4.74 Å². The second-order valence-corrected chi connectivity index (χ2v) is 8.29. The summed E-state index contributed by atoms with van der Waals surface area (Å²) in [5, 5.41) is 0. The fraction of sp³-hybridized carbons (Fsp3) is 0.591.